The van der Waals surface area contributed by atoms with E-state index in [1.165, 1.54) is 4.90 Å². The van der Waals surface area contributed by atoms with E-state index >= 15 is 0 Å². The van der Waals surface area contributed by atoms with Crippen molar-refractivity contribution in [2.75, 3.05) is 31.5 Å². The minimum absolute atomic E-state index is 0.186. The number of para-hydroxylation sites is 2. The zero-order valence-corrected chi connectivity index (χ0v) is 20.0. The molecular weight excluding hydrogens is 430 g/mol. The lowest BCUT2D eigenvalue weighted by atomic mass is 10.1. The standard InChI is InChI=1S/C26H31N5O3/c1-4-29(5-2)15-16-30-22-10-7-6-9-21(22)27-26(30)28-23(32)11-8-14-31-24(33)19-13-12-18(3)17-20(19)25(31)34/h6-7,9-10,12-13,17H,4-5,8,11,14-16H2,1-3H3,(H,27,28,32). The Balaban J connectivity index is 1.39. The number of amides is 3. The number of rotatable bonds is 10. The van der Waals surface area contributed by atoms with Crippen LogP contribution in [0.4, 0.5) is 5.95 Å². The van der Waals surface area contributed by atoms with Crippen molar-refractivity contribution in [1.29, 1.82) is 0 Å². The van der Waals surface area contributed by atoms with Gasteiger partial charge in [0.25, 0.3) is 11.8 Å². The molecule has 0 atom stereocenters. The highest BCUT2D eigenvalue weighted by molar-refractivity contribution is 6.21. The van der Waals surface area contributed by atoms with E-state index in [0.717, 1.165) is 36.2 Å². The Kier molecular flexibility index (Phi) is 7.07. The fourth-order valence-electron chi connectivity index (χ4n) is 4.37. The van der Waals surface area contributed by atoms with Crippen LogP contribution in [0, 0.1) is 6.92 Å². The normalized spacial score (nSPS) is 13.2. The van der Waals surface area contributed by atoms with Crippen LogP contribution in [0.3, 0.4) is 0 Å². The largest absolute Gasteiger partial charge is 0.309 e. The molecular formula is C26H31N5O3. The maximum Gasteiger partial charge on any atom is 0.261 e. The molecule has 1 aliphatic heterocycles. The number of hydrogen-bond donors (Lipinski definition) is 1. The van der Waals surface area contributed by atoms with Gasteiger partial charge in [-0.15, -0.1) is 0 Å². The van der Waals surface area contributed by atoms with Gasteiger partial charge in [-0.25, -0.2) is 4.98 Å². The molecule has 3 aromatic rings. The molecule has 0 fully saturated rings. The molecule has 1 N–H and O–H groups in total. The summed E-state index contributed by atoms with van der Waals surface area (Å²) in [5.41, 5.74) is 3.62. The molecule has 0 radical (unpaired) electrons. The molecule has 8 nitrogen and oxygen atoms in total. The molecule has 178 valence electrons. The van der Waals surface area contributed by atoms with Gasteiger partial charge < -0.3 is 9.47 Å². The summed E-state index contributed by atoms with van der Waals surface area (Å²) in [5, 5.41) is 2.94. The second kappa shape index (κ2) is 10.2. The maximum atomic E-state index is 12.7. The van der Waals surface area contributed by atoms with Crippen molar-refractivity contribution in [1.82, 2.24) is 19.4 Å². The third kappa shape index (κ3) is 4.72. The summed E-state index contributed by atoms with van der Waals surface area (Å²) in [4.78, 5) is 46.1. The molecule has 8 heteroatoms. The van der Waals surface area contributed by atoms with Crippen LogP contribution in [0.2, 0.25) is 0 Å². The number of imide groups is 1. The average Bonchev–Trinajstić information content (AvgIpc) is 3.29. The van der Waals surface area contributed by atoms with Crippen LogP contribution in [-0.4, -0.2) is 63.3 Å². The molecule has 4 rings (SSSR count). The summed E-state index contributed by atoms with van der Waals surface area (Å²) in [6.07, 6.45) is 0.571. The van der Waals surface area contributed by atoms with Crippen LogP contribution in [0.5, 0.6) is 0 Å². The lowest BCUT2D eigenvalue weighted by Gasteiger charge is -2.19. The number of benzene rings is 2. The predicted molar refractivity (Wildman–Crippen MR) is 132 cm³/mol. The monoisotopic (exact) mass is 461 g/mol. The zero-order chi connectivity index (χ0) is 24.2. The molecule has 0 spiro atoms. The quantitative estimate of drug-likeness (QED) is 0.465. The molecule has 0 unspecified atom stereocenters. The van der Waals surface area contributed by atoms with Crippen molar-refractivity contribution in [2.45, 2.75) is 40.2 Å². The van der Waals surface area contributed by atoms with Gasteiger partial charge in [0, 0.05) is 26.1 Å². The number of nitrogens with one attached hydrogen (secondary N) is 1. The lowest BCUT2D eigenvalue weighted by molar-refractivity contribution is -0.116. The number of nitrogens with zero attached hydrogens (tertiary/aromatic N) is 4. The summed E-state index contributed by atoms with van der Waals surface area (Å²) in [7, 11) is 0. The van der Waals surface area contributed by atoms with Crippen molar-refractivity contribution in [2.24, 2.45) is 0 Å². The summed E-state index contributed by atoms with van der Waals surface area (Å²) in [5.74, 6) is -0.248. The Hall–Kier alpha value is -3.52. The number of likely N-dealkylation sites (N-methyl/N-ethyl adjacent to an activating group) is 1. The second-order valence-electron chi connectivity index (χ2n) is 8.57. The number of fused-ring (bicyclic) bond motifs is 2. The van der Waals surface area contributed by atoms with Gasteiger partial charge in [-0.3, -0.25) is 24.6 Å². The third-order valence-corrected chi connectivity index (χ3v) is 6.35. The first kappa shape index (κ1) is 23.6. The van der Waals surface area contributed by atoms with Crippen LogP contribution >= 0.6 is 0 Å². The molecule has 1 aliphatic rings. The highest BCUT2D eigenvalue weighted by Gasteiger charge is 2.35. The van der Waals surface area contributed by atoms with Gasteiger partial charge in [0.2, 0.25) is 11.9 Å². The van der Waals surface area contributed by atoms with Crippen LogP contribution in [0.1, 0.15) is 53.0 Å². The van der Waals surface area contributed by atoms with Crippen LogP contribution < -0.4 is 5.32 Å². The van der Waals surface area contributed by atoms with Crippen molar-refractivity contribution in [3.63, 3.8) is 0 Å². The van der Waals surface area contributed by atoms with Gasteiger partial charge in [0.05, 0.1) is 22.2 Å². The number of imidazole rings is 1. The van der Waals surface area contributed by atoms with E-state index in [1.807, 2.05) is 41.8 Å². The Bertz CT molecular complexity index is 1230. The van der Waals surface area contributed by atoms with E-state index in [2.05, 4.69) is 29.0 Å². The Morgan fingerprint density at radius 2 is 1.74 bits per heavy atom. The van der Waals surface area contributed by atoms with E-state index < -0.39 is 0 Å². The molecule has 0 bridgehead atoms. The first-order chi connectivity index (χ1) is 16.4. The Morgan fingerprint density at radius 3 is 2.50 bits per heavy atom. The summed E-state index contributed by atoms with van der Waals surface area (Å²) in [6.45, 7) is 9.85. The van der Waals surface area contributed by atoms with Crippen molar-refractivity contribution >= 4 is 34.7 Å². The van der Waals surface area contributed by atoms with Gasteiger partial charge in [-0.1, -0.05) is 37.6 Å². The number of carbonyl (C=O) groups excluding carboxylic acids is 3. The Labute approximate surface area is 199 Å². The topological polar surface area (TPSA) is 87.5 Å². The van der Waals surface area contributed by atoms with Crippen LogP contribution in [-0.2, 0) is 11.3 Å². The summed E-state index contributed by atoms with van der Waals surface area (Å²) in [6, 6.07) is 13.1. The molecule has 2 aromatic carbocycles. The predicted octanol–water partition coefficient (Wildman–Crippen LogP) is 3.70. The molecule has 34 heavy (non-hydrogen) atoms. The molecule has 0 saturated carbocycles. The highest BCUT2D eigenvalue weighted by atomic mass is 16.2. The molecule has 2 heterocycles. The maximum absolute atomic E-state index is 12.7. The molecule has 0 aliphatic carbocycles. The van der Waals surface area contributed by atoms with E-state index in [9.17, 15) is 14.4 Å². The molecule has 3 amide bonds. The molecule has 1 aromatic heterocycles. The van der Waals surface area contributed by atoms with Gasteiger partial charge >= 0.3 is 0 Å². The van der Waals surface area contributed by atoms with Gasteiger partial charge in [0.15, 0.2) is 0 Å². The number of hydrogen-bond acceptors (Lipinski definition) is 5. The first-order valence-corrected chi connectivity index (χ1v) is 11.9. The minimum Gasteiger partial charge on any atom is -0.309 e. The SMILES string of the molecule is CCN(CC)CCn1c(NC(=O)CCCN2C(=O)c3ccc(C)cc3C2=O)nc2ccccc21. The first-order valence-electron chi connectivity index (χ1n) is 11.9. The fourth-order valence-corrected chi connectivity index (χ4v) is 4.37. The van der Waals surface area contributed by atoms with Crippen molar-refractivity contribution in [3.05, 3.63) is 59.2 Å². The smallest absolute Gasteiger partial charge is 0.261 e. The fraction of sp³-hybridized carbons (Fsp3) is 0.385. The summed E-state index contributed by atoms with van der Waals surface area (Å²) < 4.78 is 2.04. The van der Waals surface area contributed by atoms with Gasteiger partial charge in [0.1, 0.15) is 0 Å². The van der Waals surface area contributed by atoms with E-state index in [-0.39, 0.29) is 30.7 Å². The summed E-state index contributed by atoms with van der Waals surface area (Å²) >= 11 is 0. The average molecular weight is 462 g/mol. The number of aromatic nitrogens is 2. The number of anilines is 1. The second-order valence-corrected chi connectivity index (χ2v) is 8.57. The van der Waals surface area contributed by atoms with Gasteiger partial charge in [-0.05, 0) is 50.7 Å². The highest BCUT2D eigenvalue weighted by Crippen LogP contribution is 2.24. The molecule has 0 saturated heterocycles. The number of carbonyl (C=O) groups is 3. The van der Waals surface area contributed by atoms with Crippen LogP contribution in [0.15, 0.2) is 42.5 Å². The van der Waals surface area contributed by atoms with E-state index in [4.69, 9.17) is 0 Å². The van der Waals surface area contributed by atoms with Gasteiger partial charge in [-0.2, -0.15) is 0 Å². The lowest BCUT2D eigenvalue weighted by Crippen LogP contribution is -2.31. The third-order valence-electron chi connectivity index (χ3n) is 6.35. The van der Waals surface area contributed by atoms with Crippen molar-refractivity contribution < 1.29 is 14.4 Å². The van der Waals surface area contributed by atoms with E-state index in [0.29, 0.717) is 30.0 Å². The minimum atomic E-state index is -0.293. The van der Waals surface area contributed by atoms with E-state index in [1.54, 1.807) is 12.1 Å². The zero-order valence-electron chi connectivity index (χ0n) is 20.0. The van der Waals surface area contributed by atoms with Crippen LogP contribution in [0.25, 0.3) is 11.0 Å². The Morgan fingerprint density at radius 1 is 1.00 bits per heavy atom. The van der Waals surface area contributed by atoms with Crippen molar-refractivity contribution in [3.8, 4) is 0 Å². The number of aryl methyl sites for hydroxylation is 1.